The van der Waals surface area contributed by atoms with Gasteiger partial charge in [0.25, 0.3) is 5.56 Å². The molecule has 6 heteroatoms. The number of hydrogen-bond donors (Lipinski definition) is 1. The molecular formula is C12H12FN3O2. The minimum Gasteiger partial charge on any atom is -0.341 e. The molecule has 2 rings (SSSR count). The van der Waals surface area contributed by atoms with Crippen LogP contribution in [0.4, 0.5) is 15.9 Å². The summed E-state index contributed by atoms with van der Waals surface area (Å²) < 4.78 is 15.1. The first-order chi connectivity index (χ1) is 8.49. The molecule has 5 nitrogen and oxygen atoms in total. The van der Waals surface area contributed by atoms with E-state index in [0.29, 0.717) is 11.5 Å². The minimum absolute atomic E-state index is 0.349. The van der Waals surface area contributed by atoms with E-state index >= 15 is 0 Å². The van der Waals surface area contributed by atoms with Gasteiger partial charge in [0.15, 0.2) is 0 Å². The molecule has 0 saturated carbocycles. The molecule has 0 atom stereocenters. The molecule has 1 aromatic heterocycles. The van der Waals surface area contributed by atoms with Crippen LogP contribution in [0.15, 0.2) is 39.9 Å². The summed E-state index contributed by atoms with van der Waals surface area (Å²) in [7, 11) is 2.96. The van der Waals surface area contributed by atoms with Gasteiger partial charge in [-0.3, -0.25) is 13.9 Å². The van der Waals surface area contributed by atoms with E-state index in [2.05, 4.69) is 5.32 Å². The zero-order valence-electron chi connectivity index (χ0n) is 9.98. The van der Waals surface area contributed by atoms with Gasteiger partial charge in [0.05, 0.1) is 0 Å². The lowest BCUT2D eigenvalue weighted by molar-refractivity contribution is 0.628. The Morgan fingerprint density at radius 3 is 2.28 bits per heavy atom. The molecule has 0 amide bonds. The lowest BCUT2D eigenvalue weighted by atomic mass is 10.3. The van der Waals surface area contributed by atoms with Gasteiger partial charge in [-0.1, -0.05) is 0 Å². The van der Waals surface area contributed by atoms with Crippen molar-refractivity contribution in [2.24, 2.45) is 14.1 Å². The molecule has 0 unspecified atom stereocenters. The fourth-order valence-corrected chi connectivity index (χ4v) is 1.53. The Balaban J connectivity index is 2.44. The topological polar surface area (TPSA) is 56.0 Å². The predicted octanol–water partition coefficient (Wildman–Crippen LogP) is 0.967. The predicted molar refractivity (Wildman–Crippen MR) is 66.6 cm³/mol. The highest BCUT2D eigenvalue weighted by atomic mass is 19.1. The molecular weight excluding hydrogens is 237 g/mol. The van der Waals surface area contributed by atoms with Crippen molar-refractivity contribution in [3.8, 4) is 0 Å². The summed E-state index contributed by atoms with van der Waals surface area (Å²) in [4.78, 5) is 23.2. The lowest BCUT2D eigenvalue weighted by Crippen LogP contribution is -2.37. The maximum absolute atomic E-state index is 12.7. The maximum atomic E-state index is 12.7. The molecule has 18 heavy (non-hydrogen) atoms. The second kappa shape index (κ2) is 4.48. The van der Waals surface area contributed by atoms with Crippen LogP contribution in [0.3, 0.4) is 0 Å². The molecule has 94 valence electrons. The van der Waals surface area contributed by atoms with E-state index in [-0.39, 0.29) is 5.82 Å². The standard InChI is InChI=1S/C12H12FN3O2/c1-15-10(7-11(17)16(2)12(15)18)14-9-5-3-8(13)4-6-9/h3-7,14H,1-2H3. The van der Waals surface area contributed by atoms with Crippen LogP contribution in [-0.4, -0.2) is 9.13 Å². The normalized spacial score (nSPS) is 10.4. The van der Waals surface area contributed by atoms with Crippen LogP contribution in [0, 0.1) is 5.82 Å². The minimum atomic E-state index is -0.424. The molecule has 1 aromatic carbocycles. The first kappa shape index (κ1) is 12.1. The zero-order chi connectivity index (χ0) is 13.3. The highest BCUT2D eigenvalue weighted by Gasteiger charge is 2.05. The Kier molecular flexibility index (Phi) is 3.01. The van der Waals surface area contributed by atoms with Crippen molar-refractivity contribution in [3.05, 3.63) is 57.0 Å². The summed E-state index contributed by atoms with van der Waals surface area (Å²) >= 11 is 0. The Morgan fingerprint density at radius 2 is 1.67 bits per heavy atom. The number of benzene rings is 1. The quantitative estimate of drug-likeness (QED) is 0.862. The van der Waals surface area contributed by atoms with Crippen LogP contribution in [0.5, 0.6) is 0 Å². The lowest BCUT2D eigenvalue weighted by Gasteiger charge is -2.11. The van der Waals surface area contributed by atoms with Crippen molar-refractivity contribution >= 4 is 11.5 Å². The van der Waals surface area contributed by atoms with E-state index in [0.717, 1.165) is 4.57 Å². The van der Waals surface area contributed by atoms with Gasteiger partial charge in [-0.2, -0.15) is 0 Å². The summed E-state index contributed by atoms with van der Waals surface area (Å²) in [5, 5.41) is 2.89. The highest BCUT2D eigenvalue weighted by molar-refractivity contribution is 5.55. The summed E-state index contributed by atoms with van der Waals surface area (Å²) in [5.41, 5.74) is -0.227. The average molecular weight is 249 g/mol. The highest BCUT2D eigenvalue weighted by Crippen LogP contribution is 2.13. The van der Waals surface area contributed by atoms with Crippen molar-refractivity contribution in [1.29, 1.82) is 0 Å². The van der Waals surface area contributed by atoms with Gasteiger partial charge in [-0.25, -0.2) is 9.18 Å². The van der Waals surface area contributed by atoms with E-state index in [1.54, 1.807) is 7.05 Å². The number of nitrogens with zero attached hydrogens (tertiary/aromatic N) is 2. The molecule has 0 saturated heterocycles. The van der Waals surface area contributed by atoms with Gasteiger partial charge in [-0.05, 0) is 24.3 Å². The molecule has 1 heterocycles. The molecule has 1 N–H and O–H groups in total. The SMILES string of the molecule is Cn1c(Nc2ccc(F)cc2)cc(=O)n(C)c1=O. The third-order valence-corrected chi connectivity index (χ3v) is 2.64. The molecule has 0 aliphatic carbocycles. The molecule has 0 aliphatic heterocycles. The van der Waals surface area contributed by atoms with Crippen LogP contribution in [0.1, 0.15) is 0 Å². The van der Waals surface area contributed by atoms with E-state index < -0.39 is 11.2 Å². The van der Waals surface area contributed by atoms with Gasteiger partial charge < -0.3 is 5.32 Å². The smallest absolute Gasteiger partial charge is 0.332 e. The number of aromatic nitrogens is 2. The van der Waals surface area contributed by atoms with Crippen molar-refractivity contribution in [3.63, 3.8) is 0 Å². The molecule has 2 aromatic rings. The summed E-state index contributed by atoms with van der Waals surface area (Å²) in [6, 6.07) is 6.95. The number of halogens is 1. The average Bonchev–Trinajstić information content (AvgIpc) is 2.36. The second-order valence-corrected chi connectivity index (χ2v) is 3.90. The Bertz CT molecular complexity index is 686. The van der Waals surface area contributed by atoms with Crippen LogP contribution in [0.25, 0.3) is 0 Å². The first-order valence-electron chi connectivity index (χ1n) is 5.28. The number of hydrogen-bond acceptors (Lipinski definition) is 3. The largest absolute Gasteiger partial charge is 0.341 e. The molecule has 0 aliphatic rings. The third kappa shape index (κ3) is 2.17. The van der Waals surface area contributed by atoms with E-state index in [9.17, 15) is 14.0 Å². The van der Waals surface area contributed by atoms with Gasteiger partial charge in [0, 0.05) is 25.8 Å². The van der Waals surface area contributed by atoms with E-state index in [1.165, 1.54) is 41.9 Å². The van der Waals surface area contributed by atoms with Crippen molar-refractivity contribution in [1.82, 2.24) is 9.13 Å². The Morgan fingerprint density at radius 1 is 1.06 bits per heavy atom. The first-order valence-corrected chi connectivity index (χ1v) is 5.28. The number of rotatable bonds is 2. The summed E-state index contributed by atoms with van der Waals surface area (Å²) in [6.45, 7) is 0. The van der Waals surface area contributed by atoms with Crippen LogP contribution in [0.2, 0.25) is 0 Å². The van der Waals surface area contributed by atoms with Gasteiger partial charge in [0.2, 0.25) is 0 Å². The van der Waals surface area contributed by atoms with Crippen molar-refractivity contribution in [2.75, 3.05) is 5.32 Å². The molecule has 0 spiro atoms. The number of nitrogens with one attached hydrogen (secondary N) is 1. The summed E-state index contributed by atoms with van der Waals surface area (Å²) in [6.07, 6.45) is 0. The van der Waals surface area contributed by atoms with Crippen LogP contribution in [-0.2, 0) is 14.1 Å². The molecule has 0 fully saturated rings. The maximum Gasteiger partial charge on any atom is 0.332 e. The fraction of sp³-hybridized carbons (Fsp3) is 0.167. The Labute approximate surface area is 102 Å². The van der Waals surface area contributed by atoms with E-state index in [4.69, 9.17) is 0 Å². The van der Waals surface area contributed by atoms with Crippen molar-refractivity contribution in [2.45, 2.75) is 0 Å². The second-order valence-electron chi connectivity index (χ2n) is 3.90. The van der Waals surface area contributed by atoms with Crippen LogP contribution < -0.4 is 16.6 Å². The van der Waals surface area contributed by atoms with Crippen LogP contribution >= 0.6 is 0 Å². The monoisotopic (exact) mass is 249 g/mol. The molecule has 0 radical (unpaired) electrons. The fourth-order valence-electron chi connectivity index (χ4n) is 1.53. The van der Waals surface area contributed by atoms with Gasteiger partial charge in [0.1, 0.15) is 11.6 Å². The number of anilines is 2. The van der Waals surface area contributed by atoms with Gasteiger partial charge in [-0.15, -0.1) is 0 Å². The van der Waals surface area contributed by atoms with E-state index in [1.807, 2.05) is 0 Å². The molecule has 0 bridgehead atoms. The van der Waals surface area contributed by atoms with Crippen molar-refractivity contribution < 1.29 is 4.39 Å². The Hall–Kier alpha value is -2.37. The third-order valence-electron chi connectivity index (χ3n) is 2.64. The zero-order valence-corrected chi connectivity index (χ0v) is 9.98. The summed E-state index contributed by atoms with van der Waals surface area (Å²) in [5.74, 6) is 0.00752. The van der Waals surface area contributed by atoms with Gasteiger partial charge >= 0.3 is 5.69 Å².